The van der Waals surface area contributed by atoms with Crippen molar-refractivity contribution in [2.45, 2.75) is 56.7 Å². The smallest absolute Gasteiger partial charge is 0.0344 e. The maximum atomic E-state index is 6.35. The SMILES string of the molecule is NC1CC(NC2C3CC4CC(C3)CC2C4)c2ccccc21. The highest BCUT2D eigenvalue weighted by Gasteiger charge is 2.49. The molecule has 0 spiro atoms. The summed E-state index contributed by atoms with van der Waals surface area (Å²) in [6.07, 6.45) is 8.59. The van der Waals surface area contributed by atoms with E-state index in [2.05, 4.69) is 29.6 Å². The molecule has 112 valence electrons. The number of nitrogens with one attached hydrogen (secondary N) is 1. The summed E-state index contributed by atoms with van der Waals surface area (Å²) >= 11 is 0. The second-order valence-corrected chi connectivity index (χ2v) is 8.15. The molecule has 4 bridgehead atoms. The molecule has 0 heterocycles. The van der Waals surface area contributed by atoms with Crippen LogP contribution in [0.4, 0.5) is 0 Å². The van der Waals surface area contributed by atoms with Gasteiger partial charge in [0.05, 0.1) is 0 Å². The lowest BCUT2D eigenvalue weighted by atomic mass is 9.54. The third-order valence-corrected chi connectivity index (χ3v) is 6.88. The molecule has 1 aromatic carbocycles. The Morgan fingerprint density at radius 1 is 0.810 bits per heavy atom. The summed E-state index contributed by atoms with van der Waals surface area (Å²) in [5, 5.41) is 4.07. The van der Waals surface area contributed by atoms with Crippen LogP contribution in [0.3, 0.4) is 0 Å². The predicted octanol–water partition coefficient (Wildman–Crippen LogP) is 3.55. The average molecular weight is 282 g/mol. The van der Waals surface area contributed by atoms with Crippen LogP contribution in [-0.2, 0) is 0 Å². The molecule has 2 unspecified atom stereocenters. The van der Waals surface area contributed by atoms with Gasteiger partial charge >= 0.3 is 0 Å². The molecule has 0 amide bonds. The zero-order valence-corrected chi connectivity index (χ0v) is 12.7. The maximum absolute atomic E-state index is 6.35. The molecular formula is C19H26N2. The zero-order valence-electron chi connectivity index (χ0n) is 12.7. The van der Waals surface area contributed by atoms with Crippen molar-refractivity contribution < 1.29 is 0 Å². The van der Waals surface area contributed by atoms with Crippen molar-refractivity contribution in [3.8, 4) is 0 Å². The fourth-order valence-electron chi connectivity index (χ4n) is 6.26. The van der Waals surface area contributed by atoms with E-state index in [0.29, 0.717) is 6.04 Å². The minimum atomic E-state index is 0.232. The lowest BCUT2D eigenvalue weighted by molar-refractivity contribution is -0.0179. The summed E-state index contributed by atoms with van der Waals surface area (Å²) < 4.78 is 0. The summed E-state index contributed by atoms with van der Waals surface area (Å²) in [7, 11) is 0. The van der Waals surface area contributed by atoms with Gasteiger partial charge in [0.2, 0.25) is 0 Å². The van der Waals surface area contributed by atoms with Crippen LogP contribution in [0, 0.1) is 23.7 Å². The summed E-state index contributed by atoms with van der Waals surface area (Å²) in [5.74, 6) is 4.02. The lowest BCUT2D eigenvalue weighted by Crippen LogP contribution is -2.55. The van der Waals surface area contributed by atoms with Crippen LogP contribution in [-0.4, -0.2) is 6.04 Å². The lowest BCUT2D eigenvalue weighted by Gasteiger charge is -2.55. The Labute approximate surface area is 127 Å². The van der Waals surface area contributed by atoms with Gasteiger partial charge in [-0.15, -0.1) is 0 Å². The zero-order chi connectivity index (χ0) is 14.0. The first-order chi connectivity index (χ1) is 10.3. The van der Waals surface area contributed by atoms with Gasteiger partial charge in [-0.3, -0.25) is 0 Å². The molecule has 0 saturated heterocycles. The van der Waals surface area contributed by atoms with Gasteiger partial charge in [-0.1, -0.05) is 24.3 Å². The van der Waals surface area contributed by atoms with E-state index < -0.39 is 0 Å². The molecule has 4 fully saturated rings. The molecule has 2 heteroatoms. The molecule has 21 heavy (non-hydrogen) atoms. The van der Waals surface area contributed by atoms with E-state index in [9.17, 15) is 0 Å². The number of rotatable bonds is 2. The highest BCUT2D eigenvalue weighted by molar-refractivity contribution is 5.37. The van der Waals surface area contributed by atoms with Crippen molar-refractivity contribution in [1.29, 1.82) is 0 Å². The normalized spacial score (nSPS) is 46.8. The number of benzene rings is 1. The fraction of sp³-hybridized carbons (Fsp3) is 0.684. The molecule has 3 N–H and O–H groups in total. The van der Waals surface area contributed by atoms with E-state index in [1.807, 2.05) is 0 Å². The third-order valence-electron chi connectivity index (χ3n) is 6.88. The van der Waals surface area contributed by atoms with E-state index >= 15 is 0 Å². The van der Waals surface area contributed by atoms with Gasteiger partial charge in [0.1, 0.15) is 0 Å². The van der Waals surface area contributed by atoms with Gasteiger partial charge in [-0.2, -0.15) is 0 Å². The van der Waals surface area contributed by atoms with Crippen molar-refractivity contribution in [1.82, 2.24) is 5.32 Å². The van der Waals surface area contributed by atoms with Crippen LogP contribution >= 0.6 is 0 Å². The molecule has 0 aromatic heterocycles. The van der Waals surface area contributed by atoms with Gasteiger partial charge in [0.15, 0.2) is 0 Å². The van der Waals surface area contributed by atoms with Crippen LogP contribution in [0.1, 0.15) is 61.7 Å². The number of nitrogens with two attached hydrogens (primary N) is 1. The summed E-state index contributed by atoms with van der Waals surface area (Å²) in [6.45, 7) is 0. The number of hydrogen-bond acceptors (Lipinski definition) is 2. The van der Waals surface area contributed by atoms with Crippen LogP contribution in [0.25, 0.3) is 0 Å². The van der Waals surface area contributed by atoms with Crippen molar-refractivity contribution in [3.05, 3.63) is 35.4 Å². The van der Waals surface area contributed by atoms with E-state index in [4.69, 9.17) is 5.73 Å². The van der Waals surface area contributed by atoms with Gasteiger partial charge in [-0.05, 0) is 73.3 Å². The Bertz CT molecular complexity index is 524. The monoisotopic (exact) mass is 282 g/mol. The molecule has 5 aliphatic rings. The Morgan fingerprint density at radius 2 is 1.43 bits per heavy atom. The standard InChI is InChI=1S/C19H26N2/c20-17-10-18(16-4-2-1-3-15(16)17)21-19-13-6-11-5-12(8-13)9-14(19)7-11/h1-4,11-14,17-19,21H,5-10,20H2. The second-order valence-electron chi connectivity index (χ2n) is 8.15. The molecule has 1 aromatic rings. The van der Waals surface area contributed by atoms with Crippen molar-refractivity contribution in [2.24, 2.45) is 29.4 Å². The van der Waals surface area contributed by atoms with E-state index in [0.717, 1.165) is 36.1 Å². The molecule has 4 saturated carbocycles. The van der Waals surface area contributed by atoms with Crippen LogP contribution in [0.2, 0.25) is 0 Å². The maximum Gasteiger partial charge on any atom is 0.0344 e. The first kappa shape index (κ1) is 12.7. The fourth-order valence-corrected chi connectivity index (χ4v) is 6.26. The van der Waals surface area contributed by atoms with Gasteiger partial charge in [0, 0.05) is 18.1 Å². The minimum Gasteiger partial charge on any atom is -0.324 e. The molecule has 0 aliphatic heterocycles. The van der Waals surface area contributed by atoms with Crippen molar-refractivity contribution in [3.63, 3.8) is 0 Å². The van der Waals surface area contributed by atoms with E-state index in [-0.39, 0.29) is 6.04 Å². The predicted molar refractivity (Wildman–Crippen MR) is 84.7 cm³/mol. The number of fused-ring (bicyclic) bond motifs is 1. The number of hydrogen-bond donors (Lipinski definition) is 2. The van der Waals surface area contributed by atoms with E-state index in [1.54, 1.807) is 0 Å². The highest BCUT2D eigenvalue weighted by atomic mass is 15.0. The minimum absolute atomic E-state index is 0.232. The summed E-state index contributed by atoms with van der Waals surface area (Å²) in [4.78, 5) is 0. The molecule has 5 aliphatic carbocycles. The van der Waals surface area contributed by atoms with Crippen molar-refractivity contribution >= 4 is 0 Å². The van der Waals surface area contributed by atoms with Crippen LogP contribution in [0.5, 0.6) is 0 Å². The molecular weight excluding hydrogens is 256 g/mol. The quantitative estimate of drug-likeness (QED) is 0.870. The Balaban J connectivity index is 1.39. The summed E-state index contributed by atoms with van der Waals surface area (Å²) in [6, 6.07) is 10.3. The average Bonchev–Trinajstić information content (AvgIpc) is 2.79. The summed E-state index contributed by atoms with van der Waals surface area (Å²) in [5.41, 5.74) is 9.19. The van der Waals surface area contributed by atoms with Crippen LogP contribution < -0.4 is 11.1 Å². The van der Waals surface area contributed by atoms with Gasteiger partial charge in [-0.25, -0.2) is 0 Å². The Kier molecular flexibility index (Phi) is 2.75. The first-order valence-corrected chi connectivity index (χ1v) is 8.88. The largest absolute Gasteiger partial charge is 0.324 e. The van der Waals surface area contributed by atoms with Gasteiger partial charge < -0.3 is 11.1 Å². The molecule has 2 nitrogen and oxygen atoms in total. The molecule has 6 rings (SSSR count). The molecule has 2 atom stereocenters. The second kappa shape index (κ2) is 4.57. The first-order valence-electron chi connectivity index (χ1n) is 8.88. The topological polar surface area (TPSA) is 38.0 Å². The molecule has 0 radical (unpaired) electrons. The Hall–Kier alpha value is -0.860. The highest BCUT2D eigenvalue weighted by Crippen LogP contribution is 2.54. The van der Waals surface area contributed by atoms with Gasteiger partial charge in [0.25, 0.3) is 0 Å². The van der Waals surface area contributed by atoms with E-state index in [1.165, 1.54) is 43.2 Å². The van der Waals surface area contributed by atoms with Crippen molar-refractivity contribution in [2.75, 3.05) is 0 Å². The Morgan fingerprint density at radius 3 is 2.10 bits per heavy atom. The van der Waals surface area contributed by atoms with Crippen LogP contribution in [0.15, 0.2) is 24.3 Å². The third kappa shape index (κ3) is 1.92.